The predicted molar refractivity (Wildman–Crippen MR) is 109 cm³/mol. The summed E-state index contributed by atoms with van der Waals surface area (Å²) in [4.78, 5) is 21.6. The number of nitrogens with zero attached hydrogens (tertiary/aromatic N) is 2. The van der Waals surface area contributed by atoms with E-state index in [4.69, 9.17) is 13.9 Å². The Morgan fingerprint density at radius 3 is 2.79 bits per heavy atom. The second-order valence-electron chi connectivity index (χ2n) is 6.23. The topological polar surface area (TPSA) is 86.0 Å². The fraction of sp³-hybridized carbons (Fsp3) is 0.0952. The highest BCUT2D eigenvalue weighted by molar-refractivity contribution is 7.13. The van der Waals surface area contributed by atoms with Crippen molar-refractivity contribution in [1.29, 1.82) is 0 Å². The molecule has 1 N–H and O–H groups in total. The number of rotatable bonds is 3. The maximum atomic E-state index is 12.9. The first kappa shape index (κ1) is 17.4. The van der Waals surface area contributed by atoms with Crippen molar-refractivity contribution in [2.24, 2.45) is 4.99 Å². The fourth-order valence-corrected chi connectivity index (χ4v) is 3.51. The lowest BCUT2D eigenvalue weighted by Crippen LogP contribution is -2.21. The molecule has 1 aliphatic rings. The van der Waals surface area contributed by atoms with Crippen molar-refractivity contribution in [3.63, 3.8) is 0 Å². The van der Waals surface area contributed by atoms with Crippen molar-refractivity contribution < 1.29 is 18.7 Å². The standard InChI is InChI=1S/C21H15N3O4S/c25-19(24-21-22-7-10-29-21)15-11-13-3-1-2-4-16(13)28-20(15)23-14-5-6-17-18(12-14)27-9-8-26-17/h1-7,10-12H,8-9H2,(H,22,24,25). The summed E-state index contributed by atoms with van der Waals surface area (Å²) in [5, 5.41) is 5.89. The highest BCUT2D eigenvalue weighted by atomic mass is 32.1. The number of para-hydroxylation sites is 1. The fourth-order valence-electron chi connectivity index (χ4n) is 2.98. The van der Waals surface area contributed by atoms with E-state index in [-0.39, 0.29) is 11.5 Å². The van der Waals surface area contributed by atoms with Crippen LogP contribution in [0.2, 0.25) is 0 Å². The van der Waals surface area contributed by atoms with Gasteiger partial charge < -0.3 is 13.9 Å². The minimum Gasteiger partial charge on any atom is -0.486 e. The lowest BCUT2D eigenvalue weighted by Gasteiger charge is -2.18. The third kappa shape index (κ3) is 3.57. The Balaban J connectivity index is 1.63. The van der Waals surface area contributed by atoms with Crippen molar-refractivity contribution >= 4 is 39.0 Å². The summed E-state index contributed by atoms with van der Waals surface area (Å²) in [6, 6.07) is 14.6. The van der Waals surface area contributed by atoms with E-state index >= 15 is 0 Å². The van der Waals surface area contributed by atoms with Crippen LogP contribution in [0.15, 0.2) is 69.5 Å². The average Bonchev–Trinajstić information content (AvgIpc) is 3.26. The number of ether oxygens (including phenoxy) is 2. The Bertz CT molecular complexity index is 1260. The summed E-state index contributed by atoms with van der Waals surface area (Å²) in [7, 11) is 0. The molecule has 8 heteroatoms. The van der Waals surface area contributed by atoms with Crippen molar-refractivity contribution in [2.45, 2.75) is 0 Å². The summed E-state index contributed by atoms with van der Waals surface area (Å²) >= 11 is 1.34. The maximum Gasteiger partial charge on any atom is 0.262 e. The van der Waals surface area contributed by atoms with Crippen LogP contribution in [0.25, 0.3) is 11.0 Å². The SMILES string of the molecule is O=C(Nc1nccs1)c1cc2ccccc2oc1=Nc1ccc2c(c1)OCCO2. The molecule has 4 aromatic rings. The van der Waals surface area contributed by atoms with Crippen LogP contribution in [0.3, 0.4) is 0 Å². The maximum absolute atomic E-state index is 12.9. The van der Waals surface area contributed by atoms with Gasteiger partial charge in [0.2, 0.25) is 5.55 Å². The van der Waals surface area contributed by atoms with Crippen LogP contribution in [0.4, 0.5) is 10.8 Å². The molecule has 5 rings (SSSR count). The van der Waals surface area contributed by atoms with E-state index in [1.165, 1.54) is 11.3 Å². The van der Waals surface area contributed by atoms with Crippen LogP contribution in [0.1, 0.15) is 10.4 Å². The minimum atomic E-state index is -0.342. The highest BCUT2D eigenvalue weighted by Gasteiger charge is 2.15. The molecule has 0 saturated heterocycles. The van der Waals surface area contributed by atoms with E-state index in [0.29, 0.717) is 46.7 Å². The first-order valence-electron chi connectivity index (χ1n) is 8.94. The first-order valence-corrected chi connectivity index (χ1v) is 9.82. The van der Waals surface area contributed by atoms with Crippen LogP contribution < -0.4 is 20.3 Å². The van der Waals surface area contributed by atoms with Gasteiger partial charge >= 0.3 is 0 Å². The largest absolute Gasteiger partial charge is 0.486 e. The van der Waals surface area contributed by atoms with Crippen molar-refractivity contribution in [3.8, 4) is 11.5 Å². The molecule has 0 spiro atoms. The zero-order valence-electron chi connectivity index (χ0n) is 15.1. The van der Waals surface area contributed by atoms with Gasteiger partial charge in [-0.3, -0.25) is 10.1 Å². The predicted octanol–water partition coefficient (Wildman–Crippen LogP) is 4.15. The quantitative estimate of drug-likeness (QED) is 0.554. The number of carbonyl (C=O) groups excluding carboxylic acids is 1. The number of amides is 1. The number of thiazole rings is 1. The van der Waals surface area contributed by atoms with Gasteiger partial charge in [-0.2, -0.15) is 0 Å². The number of carbonyl (C=O) groups is 1. The van der Waals surface area contributed by atoms with Gasteiger partial charge in [-0.1, -0.05) is 18.2 Å². The monoisotopic (exact) mass is 405 g/mol. The number of hydrogen-bond donors (Lipinski definition) is 1. The molecule has 3 heterocycles. The average molecular weight is 405 g/mol. The Hall–Kier alpha value is -3.65. The number of aromatic nitrogens is 1. The lowest BCUT2D eigenvalue weighted by atomic mass is 10.1. The summed E-state index contributed by atoms with van der Waals surface area (Å²) < 4.78 is 17.1. The van der Waals surface area contributed by atoms with Crippen LogP contribution in [0, 0.1) is 0 Å². The molecule has 0 unspecified atom stereocenters. The summed E-state index contributed by atoms with van der Waals surface area (Å²) in [6.45, 7) is 1.00. The van der Waals surface area contributed by atoms with Gasteiger partial charge in [0.1, 0.15) is 24.4 Å². The number of benzene rings is 2. The second-order valence-corrected chi connectivity index (χ2v) is 7.13. The van der Waals surface area contributed by atoms with E-state index in [2.05, 4.69) is 15.3 Å². The highest BCUT2D eigenvalue weighted by Crippen LogP contribution is 2.33. The number of anilines is 1. The zero-order chi connectivity index (χ0) is 19.6. The molecule has 0 bridgehead atoms. The Morgan fingerprint density at radius 1 is 1.07 bits per heavy atom. The third-order valence-electron chi connectivity index (χ3n) is 4.31. The number of hydrogen-bond acceptors (Lipinski definition) is 7. The molecule has 0 fully saturated rings. The molecule has 29 heavy (non-hydrogen) atoms. The van der Waals surface area contributed by atoms with E-state index in [1.54, 1.807) is 35.8 Å². The van der Waals surface area contributed by atoms with Crippen molar-refractivity contribution in [2.75, 3.05) is 18.5 Å². The van der Waals surface area contributed by atoms with E-state index < -0.39 is 0 Å². The third-order valence-corrected chi connectivity index (χ3v) is 5.00. The van der Waals surface area contributed by atoms with Crippen LogP contribution in [-0.4, -0.2) is 24.1 Å². The van der Waals surface area contributed by atoms with Gasteiger partial charge in [0.05, 0.1) is 5.69 Å². The molecular weight excluding hydrogens is 390 g/mol. The molecule has 2 aromatic carbocycles. The summed E-state index contributed by atoms with van der Waals surface area (Å²) in [5.74, 6) is 0.949. The molecule has 0 saturated carbocycles. The zero-order valence-corrected chi connectivity index (χ0v) is 15.9. The minimum absolute atomic E-state index is 0.203. The smallest absolute Gasteiger partial charge is 0.262 e. The van der Waals surface area contributed by atoms with Gasteiger partial charge in [0.25, 0.3) is 5.91 Å². The van der Waals surface area contributed by atoms with Crippen molar-refractivity contribution in [3.05, 3.63) is 71.2 Å². The molecule has 1 amide bonds. The second kappa shape index (κ2) is 7.40. The molecule has 0 radical (unpaired) electrons. The Kier molecular flexibility index (Phi) is 4.45. The number of nitrogens with one attached hydrogen (secondary N) is 1. The van der Waals surface area contributed by atoms with Gasteiger partial charge in [-0.25, -0.2) is 9.98 Å². The van der Waals surface area contributed by atoms with Crippen molar-refractivity contribution in [1.82, 2.24) is 4.98 Å². The normalized spacial score (nSPS) is 13.4. The van der Waals surface area contributed by atoms with Gasteiger partial charge in [-0.05, 0) is 24.3 Å². The van der Waals surface area contributed by atoms with Crippen LogP contribution >= 0.6 is 11.3 Å². The van der Waals surface area contributed by atoms with E-state index in [9.17, 15) is 4.79 Å². The summed E-state index contributed by atoms with van der Waals surface area (Å²) in [6.07, 6.45) is 1.63. The molecule has 1 aliphatic heterocycles. The first-order chi connectivity index (χ1) is 14.3. The Labute approximate surface area is 169 Å². The summed E-state index contributed by atoms with van der Waals surface area (Å²) in [5.41, 5.74) is 1.74. The number of fused-ring (bicyclic) bond motifs is 2. The Morgan fingerprint density at radius 2 is 1.93 bits per heavy atom. The van der Waals surface area contributed by atoms with Crippen LogP contribution in [-0.2, 0) is 0 Å². The molecule has 144 valence electrons. The molecule has 0 atom stereocenters. The molecule has 0 aliphatic carbocycles. The van der Waals surface area contributed by atoms with Crippen LogP contribution in [0.5, 0.6) is 11.5 Å². The lowest BCUT2D eigenvalue weighted by molar-refractivity contribution is 0.102. The van der Waals surface area contributed by atoms with Gasteiger partial charge in [0.15, 0.2) is 16.6 Å². The molecule has 2 aromatic heterocycles. The molecule has 7 nitrogen and oxygen atoms in total. The van der Waals surface area contributed by atoms with Gasteiger partial charge in [-0.15, -0.1) is 11.3 Å². The molecular formula is C21H15N3O4S. The van der Waals surface area contributed by atoms with E-state index in [1.807, 2.05) is 24.3 Å². The van der Waals surface area contributed by atoms with E-state index in [0.717, 1.165) is 5.39 Å². The van der Waals surface area contributed by atoms with Gasteiger partial charge in [0, 0.05) is 23.0 Å².